The van der Waals surface area contributed by atoms with E-state index in [-0.39, 0.29) is 35.5 Å². The number of amides is 2. The molecular weight excluding hydrogens is 379 g/mol. The molecule has 0 bridgehead atoms. The van der Waals surface area contributed by atoms with Crippen LogP contribution >= 0.6 is 0 Å². The van der Waals surface area contributed by atoms with E-state index in [1.807, 2.05) is 50.3 Å². The van der Waals surface area contributed by atoms with Crippen molar-refractivity contribution < 1.29 is 14.0 Å². The Labute approximate surface area is 177 Å². The molecule has 2 aromatic carbocycles. The molecule has 3 rings (SSSR count). The van der Waals surface area contributed by atoms with Crippen LogP contribution in [0.15, 0.2) is 60.7 Å². The minimum Gasteiger partial charge on any atom is -0.349 e. The Kier molecular flexibility index (Phi) is 7.39. The molecule has 1 atom stereocenters. The summed E-state index contributed by atoms with van der Waals surface area (Å²) in [7, 11) is 0. The summed E-state index contributed by atoms with van der Waals surface area (Å²) in [6, 6.07) is 15.8. The number of rotatable bonds is 6. The van der Waals surface area contributed by atoms with Gasteiger partial charge in [-0.3, -0.25) is 9.59 Å². The molecule has 1 heterocycles. The van der Waals surface area contributed by atoms with Gasteiger partial charge in [0.25, 0.3) is 0 Å². The normalized spacial score (nSPS) is 16.1. The maximum atomic E-state index is 13.2. The minimum absolute atomic E-state index is 0.00458. The molecule has 0 aromatic heterocycles. The van der Waals surface area contributed by atoms with Gasteiger partial charge in [0.2, 0.25) is 11.8 Å². The Hall–Kier alpha value is -2.95. The van der Waals surface area contributed by atoms with Gasteiger partial charge in [-0.05, 0) is 48.1 Å². The first-order valence-electron chi connectivity index (χ1n) is 10.5. The summed E-state index contributed by atoms with van der Waals surface area (Å²) in [5.41, 5.74) is 1.89. The zero-order valence-electron chi connectivity index (χ0n) is 17.6. The fraction of sp³-hybridized carbons (Fsp3) is 0.360. The Morgan fingerprint density at radius 3 is 2.27 bits per heavy atom. The highest BCUT2D eigenvalue weighted by atomic mass is 19.1. The molecule has 1 unspecified atom stereocenters. The number of nitrogens with zero attached hydrogens (tertiary/aromatic N) is 1. The number of halogens is 1. The molecule has 4 nitrogen and oxygen atoms in total. The Balaban J connectivity index is 1.53. The smallest absolute Gasteiger partial charge is 0.246 e. The van der Waals surface area contributed by atoms with Gasteiger partial charge in [0.1, 0.15) is 5.82 Å². The van der Waals surface area contributed by atoms with E-state index in [2.05, 4.69) is 5.32 Å². The monoisotopic (exact) mass is 408 g/mol. The van der Waals surface area contributed by atoms with E-state index in [0.717, 1.165) is 11.1 Å². The quantitative estimate of drug-likeness (QED) is 0.711. The van der Waals surface area contributed by atoms with Crippen LogP contribution in [0.5, 0.6) is 0 Å². The molecule has 1 N–H and O–H groups in total. The van der Waals surface area contributed by atoms with Crippen molar-refractivity contribution >= 4 is 17.9 Å². The van der Waals surface area contributed by atoms with Gasteiger partial charge in [0.15, 0.2) is 0 Å². The summed E-state index contributed by atoms with van der Waals surface area (Å²) in [6.45, 7) is 5.21. The highest BCUT2D eigenvalue weighted by molar-refractivity contribution is 5.92. The molecular formula is C25H29FN2O2. The predicted molar refractivity (Wildman–Crippen MR) is 117 cm³/mol. The molecule has 2 aromatic rings. The van der Waals surface area contributed by atoms with Crippen LogP contribution in [0.25, 0.3) is 6.08 Å². The van der Waals surface area contributed by atoms with Crippen LogP contribution in [0, 0.1) is 17.7 Å². The molecule has 1 fully saturated rings. The Morgan fingerprint density at radius 1 is 1.03 bits per heavy atom. The molecule has 30 heavy (non-hydrogen) atoms. The van der Waals surface area contributed by atoms with E-state index in [0.29, 0.717) is 25.9 Å². The number of carbonyl (C=O) groups is 2. The van der Waals surface area contributed by atoms with E-state index >= 15 is 0 Å². The lowest BCUT2D eigenvalue weighted by Crippen LogP contribution is -2.43. The summed E-state index contributed by atoms with van der Waals surface area (Å²) < 4.78 is 13.2. The third-order valence-electron chi connectivity index (χ3n) is 5.59. The summed E-state index contributed by atoms with van der Waals surface area (Å²) in [5.74, 6) is -0.238. The summed E-state index contributed by atoms with van der Waals surface area (Å²) in [6.07, 6.45) is 4.70. The molecule has 0 radical (unpaired) electrons. The van der Waals surface area contributed by atoms with Gasteiger partial charge in [-0.2, -0.15) is 0 Å². The SMILES string of the molecule is CC(C)C(NC(=O)C1CCN(C(=O)C=Cc2ccccc2)CC1)c1ccc(F)cc1. The highest BCUT2D eigenvalue weighted by Crippen LogP contribution is 2.25. The molecule has 1 saturated heterocycles. The van der Waals surface area contributed by atoms with Crippen LogP contribution in [-0.4, -0.2) is 29.8 Å². The number of carbonyl (C=O) groups excluding carboxylic acids is 2. The number of likely N-dealkylation sites (tertiary alicyclic amines) is 1. The maximum Gasteiger partial charge on any atom is 0.246 e. The average molecular weight is 409 g/mol. The van der Waals surface area contributed by atoms with Crippen LogP contribution in [-0.2, 0) is 9.59 Å². The van der Waals surface area contributed by atoms with Crippen molar-refractivity contribution in [2.45, 2.75) is 32.7 Å². The lowest BCUT2D eigenvalue weighted by Gasteiger charge is -2.32. The molecule has 0 saturated carbocycles. The second-order valence-corrected chi connectivity index (χ2v) is 8.13. The number of hydrogen-bond donors (Lipinski definition) is 1. The molecule has 5 heteroatoms. The van der Waals surface area contributed by atoms with Crippen molar-refractivity contribution in [3.8, 4) is 0 Å². The van der Waals surface area contributed by atoms with Gasteiger partial charge in [0.05, 0.1) is 6.04 Å². The van der Waals surface area contributed by atoms with Crippen molar-refractivity contribution in [3.63, 3.8) is 0 Å². The number of benzene rings is 2. The van der Waals surface area contributed by atoms with E-state index in [9.17, 15) is 14.0 Å². The van der Waals surface area contributed by atoms with E-state index in [1.165, 1.54) is 12.1 Å². The van der Waals surface area contributed by atoms with Gasteiger partial charge in [-0.15, -0.1) is 0 Å². The topological polar surface area (TPSA) is 49.4 Å². The third-order valence-corrected chi connectivity index (χ3v) is 5.59. The van der Waals surface area contributed by atoms with Gasteiger partial charge in [0, 0.05) is 25.1 Å². The molecule has 0 spiro atoms. The van der Waals surface area contributed by atoms with Crippen LogP contribution in [0.3, 0.4) is 0 Å². The zero-order valence-corrected chi connectivity index (χ0v) is 17.6. The minimum atomic E-state index is -0.286. The standard InChI is InChI=1S/C25H29FN2O2/c1-18(2)24(20-9-11-22(26)12-10-20)27-25(30)21-14-16-28(17-15-21)23(29)13-8-19-6-4-3-5-7-19/h3-13,18,21,24H,14-17H2,1-2H3,(H,27,30). The first kappa shape index (κ1) is 21.8. The van der Waals surface area contributed by atoms with Gasteiger partial charge in [-0.25, -0.2) is 4.39 Å². The second-order valence-electron chi connectivity index (χ2n) is 8.13. The first-order chi connectivity index (χ1) is 14.4. The summed E-state index contributed by atoms with van der Waals surface area (Å²) in [5, 5.41) is 3.13. The van der Waals surface area contributed by atoms with Crippen molar-refractivity contribution in [3.05, 3.63) is 77.6 Å². The van der Waals surface area contributed by atoms with Crippen LogP contribution in [0.1, 0.15) is 43.9 Å². The Morgan fingerprint density at radius 2 is 1.67 bits per heavy atom. The van der Waals surface area contributed by atoms with Gasteiger partial charge < -0.3 is 10.2 Å². The number of hydrogen-bond acceptors (Lipinski definition) is 2. The van der Waals surface area contributed by atoms with Crippen molar-refractivity contribution in [1.82, 2.24) is 10.2 Å². The van der Waals surface area contributed by atoms with Crippen molar-refractivity contribution in [2.75, 3.05) is 13.1 Å². The molecule has 2 amide bonds. The maximum absolute atomic E-state index is 13.2. The lowest BCUT2D eigenvalue weighted by molar-refractivity contribution is -0.132. The lowest BCUT2D eigenvalue weighted by atomic mass is 9.92. The fourth-order valence-corrected chi connectivity index (χ4v) is 3.78. The van der Waals surface area contributed by atoms with Crippen molar-refractivity contribution in [2.24, 2.45) is 11.8 Å². The fourth-order valence-electron chi connectivity index (χ4n) is 3.78. The van der Waals surface area contributed by atoms with Crippen LogP contribution < -0.4 is 5.32 Å². The molecule has 1 aliphatic rings. The molecule has 1 aliphatic heterocycles. The van der Waals surface area contributed by atoms with Gasteiger partial charge in [-0.1, -0.05) is 56.3 Å². The predicted octanol–water partition coefficient (Wildman–Crippen LogP) is 4.59. The summed E-state index contributed by atoms with van der Waals surface area (Å²) >= 11 is 0. The Bertz CT molecular complexity index is 870. The van der Waals surface area contributed by atoms with Crippen molar-refractivity contribution in [1.29, 1.82) is 0 Å². The largest absolute Gasteiger partial charge is 0.349 e. The zero-order chi connectivity index (χ0) is 21.5. The van der Waals surface area contributed by atoms with Crippen LogP contribution in [0.4, 0.5) is 4.39 Å². The number of piperidine rings is 1. The van der Waals surface area contributed by atoms with Gasteiger partial charge >= 0.3 is 0 Å². The third kappa shape index (κ3) is 5.78. The van der Waals surface area contributed by atoms with E-state index in [4.69, 9.17) is 0 Å². The number of nitrogens with one attached hydrogen (secondary N) is 1. The second kappa shape index (κ2) is 10.2. The molecule has 158 valence electrons. The van der Waals surface area contributed by atoms with E-state index < -0.39 is 0 Å². The van der Waals surface area contributed by atoms with Crippen LogP contribution in [0.2, 0.25) is 0 Å². The molecule has 0 aliphatic carbocycles. The summed E-state index contributed by atoms with van der Waals surface area (Å²) in [4.78, 5) is 27.1. The first-order valence-corrected chi connectivity index (χ1v) is 10.5. The van der Waals surface area contributed by atoms with E-state index in [1.54, 1.807) is 23.1 Å². The highest BCUT2D eigenvalue weighted by Gasteiger charge is 2.29. The average Bonchev–Trinajstić information content (AvgIpc) is 2.77.